The molecule has 76 valence electrons. The molecular formula is C9H16O4. The van der Waals surface area contributed by atoms with Gasteiger partial charge in [-0.25, -0.2) is 4.79 Å². The third-order valence-electron chi connectivity index (χ3n) is 1.35. The molecule has 0 aliphatic carbocycles. The van der Waals surface area contributed by atoms with E-state index >= 15 is 0 Å². The molecule has 0 amide bonds. The van der Waals surface area contributed by atoms with Crippen molar-refractivity contribution >= 4 is 5.97 Å². The summed E-state index contributed by atoms with van der Waals surface area (Å²) in [5, 5.41) is 8.42. The first-order valence-corrected chi connectivity index (χ1v) is 4.34. The van der Waals surface area contributed by atoms with E-state index in [1.165, 1.54) is 6.26 Å². The molecule has 0 unspecified atom stereocenters. The van der Waals surface area contributed by atoms with Crippen molar-refractivity contribution in [2.24, 2.45) is 0 Å². The van der Waals surface area contributed by atoms with E-state index in [9.17, 15) is 4.79 Å². The lowest BCUT2D eigenvalue weighted by Gasteiger charge is -2.04. The maximum atomic E-state index is 11.1. The average molecular weight is 188 g/mol. The normalized spacial score (nSPS) is 11.2. The fourth-order valence-electron chi connectivity index (χ4n) is 0.712. The molecule has 0 rings (SSSR count). The predicted octanol–water partition coefficient (Wildman–Crippen LogP) is 0.852. The Labute approximate surface area is 78.2 Å². The van der Waals surface area contributed by atoms with Crippen molar-refractivity contribution in [2.75, 3.05) is 19.8 Å². The second-order valence-corrected chi connectivity index (χ2v) is 2.31. The highest BCUT2D eigenvalue weighted by molar-refractivity contribution is 5.87. The van der Waals surface area contributed by atoms with Crippen molar-refractivity contribution in [3.63, 3.8) is 0 Å². The van der Waals surface area contributed by atoms with E-state index in [1.54, 1.807) is 6.92 Å². The number of esters is 1. The van der Waals surface area contributed by atoms with Gasteiger partial charge in [-0.2, -0.15) is 0 Å². The van der Waals surface area contributed by atoms with Gasteiger partial charge in [-0.05, 0) is 13.3 Å². The van der Waals surface area contributed by atoms with Crippen LogP contribution in [0.5, 0.6) is 0 Å². The Bertz CT molecular complexity index is 174. The van der Waals surface area contributed by atoms with E-state index in [2.05, 4.69) is 0 Å². The van der Waals surface area contributed by atoms with Gasteiger partial charge in [0, 0.05) is 0 Å². The minimum Gasteiger partial charge on any atom is -0.498 e. The van der Waals surface area contributed by atoms with Gasteiger partial charge in [-0.1, -0.05) is 6.92 Å². The first-order valence-electron chi connectivity index (χ1n) is 4.34. The van der Waals surface area contributed by atoms with Crippen LogP contribution in [0.2, 0.25) is 0 Å². The number of rotatable bonds is 6. The molecule has 4 nitrogen and oxygen atoms in total. The molecule has 1 N–H and O–H groups in total. The fourth-order valence-corrected chi connectivity index (χ4v) is 0.712. The molecule has 0 aromatic rings. The number of aliphatic hydroxyl groups is 1. The monoisotopic (exact) mass is 188 g/mol. The van der Waals surface area contributed by atoms with Crippen molar-refractivity contribution < 1.29 is 19.4 Å². The topological polar surface area (TPSA) is 55.8 Å². The minimum absolute atomic E-state index is 0.0592. The zero-order chi connectivity index (χ0) is 10.1. The lowest BCUT2D eigenvalue weighted by Crippen LogP contribution is -2.08. The van der Waals surface area contributed by atoms with Crippen LogP contribution in [0.15, 0.2) is 11.8 Å². The summed E-state index contributed by atoms with van der Waals surface area (Å²) in [7, 11) is 0. The molecule has 0 aromatic carbocycles. The lowest BCUT2D eigenvalue weighted by molar-refractivity contribution is -0.138. The molecular weight excluding hydrogens is 172 g/mol. The summed E-state index contributed by atoms with van der Waals surface area (Å²) in [6, 6.07) is 0. The van der Waals surface area contributed by atoms with Crippen LogP contribution in [0.3, 0.4) is 0 Å². The Morgan fingerprint density at radius 1 is 1.46 bits per heavy atom. The summed E-state index contributed by atoms with van der Waals surface area (Å²) < 4.78 is 9.67. The first kappa shape index (κ1) is 12.0. The highest BCUT2D eigenvalue weighted by atomic mass is 16.5. The molecule has 0 radical (unpaired) electrons. The zero-order valence-electron chi connectivity index (χ0n) is 8.08. The van der Waals surface area contributed by atoms with Crippen LogP contribution in [0, 0.1) is 0 Å². The van der Waals surface area contributed by atoms with Crippen LogP contribution in [-0.4, -0.2) is 30.9 Å². The summed E-state index contributed by atoms with van der Waals surface area (Å²) in [5.41, 5.74) is 0.482. The zero-order valence-corrected chi connectivity index (χ0v) is 8.08. The molecule has 0 saturated heterocycles. The summed E-state index contributed by atoms with van der Waals surface area (Å²) in [6.45, 7) is 4.08. The van der Waals surface area contributed by atoms with Gasteiger partial charge in [-0.3, -0.25) is 0 Å². The van der Waals surface area contributed by atoms with Crippen molar-refractivity contribution in [2.45, 2.75) is 20.3 Å². The average Bonchev–Trinajstić information content (AvgIpc) is 2.13. The number of aliphatic hydroxyl groups excluding tert-OH is 1. The van der Waals surface area contributed by atoms with Gasteiger partial charge in [0.15, 0.2) is 0 Å². The Morgan fingerprint density at radius 3 is 2.62 bits per heavy atom. The molecule has 0 fully saturated rings. The molecule has 0 heterocycles. The molecule has 0 atom stereocenters. The Morgan fingerprint density at radius 2 is 2.15 bits per heavy atom. The summed E-state index contributed by atoms with van der Waals surface area (Å²) in [6.07, 6.45) is 1.90. The molecule has 0 aliphatic rings. The molecule has 13 heavy (non-hydrogen) atoms. The largest absolute Gasteiger partial charge is 0.498 e. The molecule has 0 aliphatic heterocycles. The lowest BCUT2D eigenvalue weighted by atomic mass is 10.2. The number of carbonyl (C=O) groups is 1. The van der Waals surface area contributed by atoms with Gasteiger partial charge in [0.25, 0.3) is 0 Å². The smallest absolute Gasteiger partial charge is 0.337 e. The van der Waals surface area contributed by atoms with Crippen LogP contribution >= 0.6 is 0 Å². The second kappa shape index (κ2) is 7.61. The molecule has 0 saturated carbocycles. The van der Waals surface area contributed by atoms with Crippen LogP contribution in [0.25, 0.3) is 0 Å². The molecule has 0 aromatic heterocycles. The van der Waals surface area contributed by atoms with Crippen molar-refractivity contribution in [3.8, 4) is 0 Å². The third-order valence-corrected chi connectivity index (χ3v) is 1.35. The Balaban J connectivity index is 3.99. The summed E-state index contributed by atoms with van der Waals surface area (Å²) in [5.74, 6) is -0.358. The van der Waals surface area contributed by atoms with Crippen molar-refractivity contribution in [1.29, 1.82) is 0 Å². The van der Waals surface area contributed by atoms with Crippen LogP contribution in [0.4, 0.5) is 0 Å². The van der Waals surface area contributed by atoms with E-state index in [1.807, 2.05) is 6.92 Å². The maximum absolute atomic E-state index is 11.1. The van der Waals surface area contributed by atoms with Crippen LogP contribution in [-0.2, 0) is 14.3 Å². The molecule has 0 bridgehead atoms. The summed E-state index contributed by atoms with van der Waals surface area (Å²) >= 11 is 0. The van der Waals surface area contributed by atoms with Crippen molar-refractivity contribution in [1.82, 2.24) is 0 Å². The van der Waals surface area contributed by atoms with E-state index in [-0.39, 0.29) is 19.2 Å². The maximum Gasteiger partial charge on any atom is 0.337 e. The fraction of sp³-hybridized carbons (Fsp3) is 0.667. The second-order valence-electron chi connectivity index (χ2n) is 2.31. The predicted molar refractivity (Wildman–Crippen MR) is 48.0 cm³/mol. The number of carbonyl (C=O) groups excluding carboxylic acids is 1. The van der Waals surface area contributed by atoms with E-state index in [0.717, 1.165) is 0 Å². The number of hydrogen-bond acceptors (Lipinski definition) is 4. The van der Waals surface area contributed by atoms with Gasteiger partial charge >= 0.3 is 5.97 Å². The quantitative estimate of drug-likeness (QED) is 0.290. The Kier molecular flexibility index (Phi) is 7.01. The number of ether oxygens (including phenoxy) is 2. The van der Waals surface area contributed by atoms with Gasteiger partial charge in [0.2, 0.25) is 0 Å². The van der Waals surface area contributed by atoms with Crippen LogP contribution < -0.4 is 0 Å². The van der Waals surface area contributed by atoms with Gasteiger partial charge in [-0.15, -0.1) is 0 Å². The molecule has 0 spiro atoms. The number of hydrogen-bond donors (Lipinski definition) is 1. The van der Waals surface area contributed by atoms with Crippen LogP contribution in [0.1, 0.15) is 20.3 Å². The third kappa shape index (κ3) is 5.25. The molecule has 4 heteroatoms. The van der Waals surface area contributed by atoms with Crippen molar-refractivity contribution in [3.05, 3.63) is 11.8 Å². The first-order chi connectivity index (χ1) is 6.26. The highest BCUT2D eigenvalue weighted by Gasteiger charge is 2.07. The van der Waals surface area contributed by atoms with E-state index < -0.39 is 0 Å². The summed E-state index contributed by atoms with van der Waals surface area (Å²) in [4.78, 5) is 11.1. The van der Waals surface area contributed by atoms with Gasteiger partial charge < -0.3 is 14.6 Å². The van der Waals surface area contributed by atoms with Gasteiger partial charge in [0.1, 0.15) is 6.61 Å². The highest BCUT2D eigenvalue weighted by Crippen LogP contribution is 2.03. The standard InChI is InChI=1S/C9H16O4/c1-3-8(7-12-6-5-10)9(11)13-4-2/h7,10H,3-6H2,1-2H3. The van der Waals surface area contributed by atoms with Gasteiger partial charge in [0.05, 0.1) is 25.0 Å². The van der Waals surface area contributed by atoms with E-state index in [0.29, 0.717) is 18.6 Å². The van der Waals surface area contributed by atoms with E-state index in [4.69, 9.17) is 14.6 Å². The minimum atomic E-state index is -0.358. The Hall–Kier alpha value is -1.03. The SMILES string of the molecule is CCOC(=O)C(=COCCO)CC.